The van der Waals surface area contributed by atoms with Gasteiger partial charge in [0.1, 0.15) is 5.78 Å². The lowest BCUT2D eigenvalue weighted by atomic mass is 9.53. The predicted octanol–water partition coefficient (Wildman–Crippen LogP) is 2.13. The Bertz CT molecular complexity index is 693. The van der Waals surface area contributed by atoms with E-state index >= 15 is 0 Å². The lowest BCUT2D eigenvalue weighted by Crippen LogP contribution is -2.60. The Hall–Kier alpha value is -1.45. The summed E-state index contributed by atoms with van der Waals surface area (Å²) in [6.07, 6.45) is 3.84. The van der Waals surface area contributed by atoms with Crippen LogP contribution in [-0.2, 0) is 14.4 Å². The van der Waals surface area contributed by atoms with Crippen LogP contribution in [0.25, 0.3) is 0 Å². The fourth-order valence-corrected chi connectivity index (χ4v) is 6.57. The number of rotatable bonds is 0. The highest BCUT2D eigenvalue weighted by Crippen LogP contribution is 2.62. The highest BCUT2D eigenvalue weighted by atomic mass is 16.2. The van der Waals surface area contributed by atoms with E-state index in [1.165, 1.54) is 5.57 Å². The molecule has 1 saturated carbocycles. The summed E-state index contributed by atoms with van der Waals surface area (Å²) in [6, 6.07) is 0.157. The van der Waals surface area contributed by atoms with Crippen molar-refractivity contribution in [3.05, 3.63) is 11.1 Å². The van der Waals surface area contributed by atoms with Crippen LogP contribution < -0.4 is 0 Å². The maximum absolute atomic E-state index is 13.4. The molecule has 0 aromatic rings. The van der Waals surface area contributed by atoms with Crippen LogP contribution in [0.2, 0.25) is 0 Å². The van der Waals surface area contributed by atoms with E-state index in [2.05, 4.69) is 18.7 Å². The van der Waals surface area contributed by atoms with E-state index in [-0.39, 0.29) is 52.6 Å². The van der Waals surface area contributed by atoms with E-state index in [1.807, 2.05) is 0 Å². The minimum atomic E-state index is -0.359. The molecule has 6 atom stereocenters. The fraction of sp³-hybridized carbons (Fsp3) is 0.737. The van der Waals surface area contributed by atoms with Crippen LogP contribution in [0.5, 0.6) is 0 Å². The standard InChI is InChI=1S/C19H23NO3/c1-9-8-20-14-7-11(9)17(22)16-15-10(4-6-13(15)21)3-5-12(18(20)23)19(14,16)2/h9,11-12,14,16H,3-8H2,1-2H3/t9-,11-,12-,14-,16+,19-/m1/s1. The van der Waals surface area contributed by atoms with Gasteiger partial charge in [0, 0.05) is 41.8 Å². The second-order valence-corrected chi connectivity index (χ2v) is 8.56. The number of carbonyl (C=O) groups excluding carboxylic acids is 3. The molecule has 4 heteroatoms. The van der Waals surface area contributed by atoms with E-state index in [9.17, 15) is 14.4 Å². The molecular weight excluding hydrogens is 290 g/mol. The van der Waals surface area contributed by atoms with Gasteiger partial charge in [0.05, 0.1) is 5.92 Å². The van der Waals surface area contributed by atoms with E-state index in [1.54, 1.807) is 0 Å². The SMILES string of the molecule is C[C@@H]1CN2C(=O)[C@H]3CCC4=C(C(=O)CC4)[C@H]4C(=O)[C@@H]1C[C@@H]2[C@]43C. The topological polar surface area (TPSA) is 54.5 Å². The Labute approximate surface area is 136 Å². The maximum atomic E-state index is 13.4. The van der Waals surface area contributed by atoms with Gasteiger partial charge in [-0.3, -0.25) is 14.4 Å². The third kappa shape index (κ3) is 1.42. The molecule has 0 spiro atoms. The molecular formula is C19H23NO3. The molecule has 5 rings (SSSR count). The number of piperidine rings is 1. The van der Waals surface area contributed by atoms with E-state index < -0.39 is 0 Å². The first kappa shape index (κ1) is 13.9. The van der Waals surface area contributed by atoms with Crippen molar-refractivity contribution in [3.63, 3.8) is 0 Å². The van der Waals surface area contributed by atoms with Crippen LogP contribution in [0.1, 0.15) is 46.0 Å². The Morgan fingerprint density at radius 2 is 1.91 bits per heavy atom. The molecule has 0 aromatic heterocycles. The molecule has 122 valence electrons. The molecule has 2 saturated heterocycles. The predicted molar refractivity (Wildman–Crippen MR) is 83.4 cm³/mol. The minimum Gasteiger partial charge on any atom is -0.339 e. The quantitative estimate of drug-likeness (QED) is 0.688. The van der Waals surface area contributed by atoms with Gasteiger partial charge in [0.25, 0.3) is 0 Å². The van der Waals surface area contributed by atoms with Gasteiger partial charge in [0.15, 0.2) is 5.78 Å². The molecule has 23 heavy (non-hydrogen) atoms. The van der Waals surface area contributed by atoms with Gasteiger partial charge < -0.3 is 4.90 Å². The van der Waals surface area contributed by atoms with Gasteiger partial charge in [-0.05, 0) is 31.6 Å². The van der Waals surface area contributed by atoms with Crippen molar-refractivity contribution in [2.75, 3.05) is 6.54 Å². The lowest BCUT2D eigenvalue weighted by molar-refractivity contribution is -0.146. The van der Waals surface area contributed by atoms with Crippen molar-refractivity contribution in [1.29, 1.82) is 0 Å². The molecule has 4 nitrogen and oxygen atoms in total. The second-order valence-electron chi connectivity index (χ2n) is 8.56. The maximum Gasteiger partial charge on any atom is 0.226 e. The summed E-state index contributed by atoms with van der Waals surface area (Å²) in [5.41, 5.74) is 1.66. The average Bonchev–Trinajstić information content (AvgIpc) is 2.91. The number of nitrogens with zero attached hydrogens (tertiary/aromatic N) is 1. The number of ketones is 2. The first-order valence-electron chi connectivity index (χ1n) is 9.04. The molecule has 5 aliphatic rings. The zero-order valence-corrected chi connectivity index (χ0v) is 13.8. The Morgan fingerprint density at radius 1 is 1.13 bits per heavy atom. The largest absolute Gasteiger partial charge is 0.339 e. The van der Waals surface area contributed by atoms with Crippen molar-refractivity contribution in [3.8, 4) is 0 Å². The van der Waals surface area contributed by atoms with Crippen LogP contribution in [0.15, 0.2) is 11.1 Å². The summed E-state index contributed by atoms with van der Waals surface area (Å²) in [4.78, 5) is 41.1. The molecule has 2 bridgehead atoms. The molecule has 0 radical (unpaired) electrons. The Kier molecular flexibility index (Phi) is 2.51. The van der Waals surface area contributed by atoms with Gasteiger partial charge in [-0.15, -0.1) is 0 Å². The fourth-order valence-electron chi connectivity index (χ4n) is 6.57. The summed E-state index contributed by atoms with van der Waals surface area (Å²) >= 11 is 0. The number of hydrogen-bond acceptors (Lipinski definition) is 3. The summed E-state index contributed by atoms with van der Waals surface area (Å²) < 4.78 is 0. The van der Waals surface area contributed by atoms with E-state index in [0.29, 0.717) is 6.42 Å². The van der Waals surface area contributed by atoms with Crippen LogP contribution >= 0.6 is 0 Å². The number of hydrogen-bond donors (Lipinski definition) is 0. The summed E-state index contributed by atoms with van der Waals surface area (Å²) in [5.74, 6) is 0.538. The molecule has 2 heterocycles. The van der Waals surface area contributed by atoms with Gasteiger partial charge in [0.2, 0.25) is 5.91 Å². The monoisotopic (exact) mass is 313 g/mol. The van der Waals surface area contributed by atoms with Crippen LogP contribution in [0.4, 0.5) is 0 Å². The second kappa shape index (κ2) is 4.14. The summed E-state index contributed by atoms with van der Waals surface area (Å²) in [6.45, 7) is 4.95. The molecule has 2 aliphatic heterocycles. The smallest absolute Gasteiger partial charge is 0.226 e. The third-order valence-electron chi connectivity index (χ3n) is 7.71. The summed E-state index contributed by atoms with van der Waals surface area (Å²) in [7, 11) is 0. The first-order chi connectivity index (χ1) is 10.9. The average molecular weight is 313 g/mol. The zero-order chi connectivity index (χ0) is 16.1. The van der Waals surface area contributed by atoms with Crippen LogP contribution in [0.3, 0.4) is 0 Å². The van der Waals surface area contributed by atoms with Crippen molar-refractivity contribution in [2.45, 2.75) is 52.0 Å². The van der Waals surface area contributed by atoms with E-state index in [4.69, 9.17) is 0 Å². The first-order valence-corrected chi connectivity index (χ1v) is 9.04. The van der Waals surface area contributed by atoms with Crippen molar-refractivity contribution in [2.24, 2.45) is 29.1 Å². The summed E-state index contributed by atoms with van der Waals surface area (Å²) in [5, 5.41) is 0. The van der Waals surface area contributed by atoms with Crippen molar-refractivity contribution >= 4 is 17.5 Å². The number of Topliss-reactive ketones (excluding diaryl/α,β-unsaturated/α-hetero) is 2. The molecule has 3 aliphatic carbocycles. The Balaban J connectivity index is 1.76. The Morgan fingerprint density at radius 3 is 2.70 bits per heavy atom. The minimum absolute atomic E-state index is 0.0288. The molecule has 3 fully saturated rings. The zero-order valence-electron chi connectivity index (χ0n) is 13.8. The van der Waals surface area contributed by atoms with Gasteiger partial charge >= 0.3 is 0 Å². The van der Waals surface area contributed by atoms with Gasteiger partial charge in [-0.1, -0.05) is 19.4 Å². The molecule has 0 N–H and O–H groups in total. The number of carbonyl (C=O) groups is 3. The van der Waals surface area contributed by atoms with Crippen molar-refractivity contribution in [1.82, 2.24) is 4.90 Å². The lowest BCUT2D eigenvalue weighted by Gasteiger charge is -2.52. The van der Waals surface area contributed by atoms with Gasteiger partial charge in [-0.25, -0.2) is 0 Å². The highest BCUT2D eigenvalue weighted by Gasteiger charge is 2.68. The molecule has 0 unspecified atom stereocenters. The van der Waals surface area contributed by atoms with Crippen molar-refractivity contribution < 1.29 is 14.4 Å². The van der Waals surface area contributed by atoms with Crippen LogP contribution in [0, 0.1) is 29.1 Å². The van der Waals surface area contributed by atoms with Gasteiger partial charge in [-0.2, -0.15) is 0 Å². The number of allylic oxidation sites excluding steroid dienone is 2. The third-order valence-corrected chi connectivity index (χ3v) is 7.71. The normalized spacial score (nSPS) is 48.0. The molecule has 1 amide bonds. The number of fused-ring (bicyclic) bond motifs is 2. The number of amides is 1. The van der Waals surface area contributed by atoms with E-state index in [0.717, 1.165) is 37.8 Å². The highest BCUT2D eigenvalue weighted by molar-refractivity contribution is 6.07. The molecule has 0 aromatic carbocycles. The van der Waals surface area contributed by atoms with Crippen LogP contribution in [-0.4, -0.2) is 35.0 Å².